The standard InChI is InChI=1S/C92H57BN2/c1-3-26-58(27-4-1)62-30-13-21-48-82(62)94-84-54-52-60(64-38-23-46-78-88(64)70-36-11-19-44-76(70)91(78)72-40-15-7-32-66(72)67-33-8-16-41-73(67)91)56-80(84)93-81-57-61(53-55-85(81)95(87-51-25-50-86(94)90(87)93)83-49-22-14-31-63(83)59-28-5-2-6-29-59)65-39-24-47-79-89(65)71-37-12-20-45-77(71)92(79)74-42-17-9-34-68(74)69-35-10-18-43-75(69)92/h1-57H. The maximum Gasteiger partial charge on any atom is 0.252 e. The van der Waals surface area contributed by atoms with E-state index in [0.717, 1.165) is 11.4 Å². The van der Waals surface area contributed by atoms with E-state index in [1.54, 1.807) is 0 Å². The van der Waals surface area contributed by atoms with Crippen LogP contribution in [-0.4, -0.2) is 6.71 Å². The third-order valence-corrected chi connectivity index (χ3v) is 22.1. The quantitative estimate of drug-likeness (QED) is 0.153. The van der Waals surface area contributed by atoms with Gasteiger partial charge in [-0.1, -0.05) is 309 Å². The molecule has 438 valence electrons. The molecule has 2 aliphatic heterocycles. The van der Waals surface area contributed by atoms with Gasteiger partial charge in [-0.2, -0.15) is 0 Å². The highest BCUT2D eigenvalue weighted by Crippen LogP contribution is 2.66. The minimum absolute atomic E-state index is 0.195. The molecule has 0 saturated carbocycles. The lowest BCUT2D eigenvalue weighted by atomic mass is 9.33. The van der Waals surface area contributed by atoms with Crippen molar-refractivity contribution in [2.45, 2.75) is 10.8 Å². The van der Waals surface area contributed by atoms with Crippen molar-refractivity contribution in [2.24, 2.45) is 0 Å². The molecule has 95 heavy (non-hydrogen) atoms. The Bertz CT molecular complexity index is 5340. The van der Waals surface area contributed by atoms with Crippen LogP contribution in [0.4, 0.5) is 34.1 Å². The van der Waals surface area contributed by atoms with Gasteiger partial charge in [-0.25, -0.2) is 0 Å². The van der Waals surface area contributed by atoms with Crippen LogP contribution >= 0.6 is 0 Å². The highest BCUT2D eigenvalue weighted by molar-refractivity contribution is 7.00. The molecule has 3 heteroatoms. The number of nitrogens with zero attached hydrogens (tertiary/aromatic N) is 2. The molecule has 0 unspecified atom stereocenters. The van der Waals surface area contributed by atoms with Crippen LogP contribution in [0.5, 0.6) is 0 Å². The predicted molar refractivity (Wildman–Crippen MR) is 395 cm³/mol. The third kappa shape index (κ3) is 6.88. The molecule has 0 N–H and O–H groups in total. The molecule has 2 nitrogen and oxygen atoms in total. The Morgan fingerprint density at radius 2 is 0.474 bits per heavy atom. The van der Waals surface area contributed by atoms with Gasteiger partial charge in [-0.3, -0.25) is 0 Å². The summed E-state index contributed by atoms with van der Waals surface area (Å²) >= 11 is 0. The van der Waals surface area contributed by atoms with Crippen molar-refractivity contribution in [1.82, 2.24) is 0 Å². The van der Waals surface area contributed by atoms with E-state index in [2.05, 4.69) is 356 Å². The van der Waals surface area contributed by atoms with Gasteiger partial charge < -0.3 is 9.80 Å². The largest absolute Gasteiger partial charge is 0.311 e. The normalized spacial score (nSPS) is 14.2. The maximum absolute atomic E-state index is 2.59. The molecule has 21 rings (SSSR count). The molecule has 15 aromatic carbocycles. The maximum atomic E-state index is 2.59. The molecule has 0 fully saturated rings. The third-order valence-electron chi connectivity index (χ3n) is 22.1. The summed E-state index contributed by atoms with van der Waals surface area (Å²) in [6.45, 7) is -0.195. The zero-order chi connectivity index (χ0) is 62.1. The van der Waals surface area contributed by atoms with Gasteiger partial charge in [0.1, 0.15) is 0 Å². The van der Waals surface area contributed by atoms with Crippen LogP contribution in [0, 0.1) is 0 Å². The van der Waals surface area contributed by atoms with Gasteiger partial charge in [0.15, 0.2) is 0 Å². The van der Waals surface area contributed by atoms with E-state index < -0.39 is 10.8 Å². The summed E-state index contributed by atoms with van der Waals surface area (Å²) in [6, 6.07) is 131. The molecule has 2 heterocycles. The molecular weight excluding hydrogens is 1140 g/mol. The SMILES string of the molecule is c1ccc(-c2ccccc2N2c3ccc(-c4cccc5c4-c4ccccc4C54c5ccccc5-c5ccccc54)cc3B3c4cc(-c5cccc6c5-c5ccccc5C65c6ccccc6-c6ccccc65)ccc4N(c4ccccc4-c4ccccc4)c4cccc2c43)cc1. The smallest absolute Gasteiger partial charge is 0.252 e. The molecule has 2 spiro atoms. The first-order valence-corrected chi connectivity index (χ1v) is 33.4. The Balaban J connectivity index is 0.847. The van der Waals surface area contributed by atoms with E-state index in [4.69, 9.17) is 0 Å². The second-order valence-corrected chi connectivity index (χ2v) is 26.4. The molecule has 4 aliphatic carbocycles. The number of para-hydroxylation sites is 2. The van der Waals surface area contributed by atoms with Crippen molar-refractivity contribution in [2.75, 3.05) is 9.80 Å². The molecular formula is C92H57BN2. The monoisotopic (exact) mass is 1200 g/mol. The molecule has 0 saturated heterocycles. The van der Waals surface area contributed by atoms with E-state index in [1.807, 2.05) is 0 Å². The van der Waals surface area contributed by atoms with Crippen molar-refractivity contribution in [3.8, 4) is 89.0 Å². The Morgan fingerprint density at radius 3 is 0.863 bits per heavy atom. The number of hydrogen-bond donors (Lipinski definition) is 0. The molecule has 0 radical (unpaired) electrons. The first kappa shape index (κ1) is 52.6. The Morgan fingerprint density at radius 1 is 0.189 bits per heavy atom. The second kappa shape index (κ2) is 19.7. The second-order valence-electron chi connectivity index (χ2n) is 26.4. The predicted octanol–water partition coefficient (Wildman–Crippen LogP) is 21.1. The minimum Gasteiger partial charge on any atom is -0.311 e. The fraction of sp³-hybridized carbons (Fsp3) is 0.0217. The van der Waals surface area contributed by atoms with Crippen molar-refractivity contribution < 1.29 is 0 Å². The zero-order valence-corrected chi connectivity index (χ0v) is 51.9. The Labute approximate surface area is 553 Å². The topological polar surface area (TPSA) is 6.48 Å². The number of hydrogen-bond acceptors (Lipinski definition) is 2. The number of fused-ring (bicyclic) bond motifs is 24. The molecule has 0 amide bonds. The van der Waals surface area contributed by atoms with Crippen LogP contribution in [0.15, 0.2) is 346 Å². The van der Waals surface area contributed by atoms with E-state index in [-0.39, 0.29) is 6.71 Å². The van der Waals surface area contributed by atoms with Gasteiger partial charge in [0.05, 0.1) is 22.2 Å². The first-order valence-electron chi connectivity index (χ1n) is 33.4. The van der Waals surface area contributed by atoms with Gasteiger partial charge in [-0.05, 0) is 175 Å². The van der Waals surface area contributed by atoms with E-state index >= 15 is 0 Å². The van der Waals surface area contributed by atoms with Gasteiger partial charge in [0.25, 0.3) is 6.71 Å². The van der Waals surface area contributed by atoms with Crippen LogP contribution < -0.4 is 26.2 Å². The van der Waals surface area contributed by atoms with Gasteiger partial charge in [0, 0.05) is 33.9 Å². The highest BCUT2D eigenvalue weighted by Gasteiger charge is 2.54. The van der Waals surface area contributed by atoms with Crippen molar-refractivity contribution in [1.29, 1.82) is 0 Å². The summed E-state index contributed by atoms with van der Waals surface area (Å²) < 4.78 is 0. The summed E-state index contributed by atoms with van der Waals surface area (Å²) in [4.78, 5) is 5.19. The summed E-state index contributed by atoms with van der Waals surface area (Å²) in [7, 11) is 0. The summed E-state index contributed by atoms with van der Waals surface area (Å²) in [6.07, 6.45) is 0. The minimum atomic E-state index is -0.477. The van der Waals surface area contributed by atoms with Crippen LogP contribution in [0.1, 0.15) is 44.5 Å². The van der Waals surface area contributed by atoms with Crippen molar-refractivity contribution >= 4 is 57.2 Å². The lowest BCUT2D eigenvalue weighted by Gasteiger charge is -2.45. The average molecular weight is 1200 g/mol. The fourth-order valence-corrected chi connectivity index (χ4v) is 18.6. The molecule has 15 aromatic rings. The molecule has 0 aromatic heterocycles. The van der Waals surface area contributed by atoms with Crippen LogP contribution in [-0.2, 0) is 10.8 Å². The lowest BCUT2D eigenvalue weighted by Crippen LogP contribution is -2.61. The highest BCUT2D eigenvalue weighted by atomic mass is 15.2. The summed E-state index contributed by atoms with van der Waals surface area (Å²) in [5.41, 5.74) is 40.5. The number of benzene rings is 15. The Hall–Kier alpha value is -12.0. The summed E-state index contributed by atoms with van der Waals surface area (Å²) in [5.74, 6) is 0. The van der Waals surface area contributed by atoms with Crippen molar-refractivity contribution in [3.63, 3.8) is 0 Å². The van der Waals surface area contributed by atoms with Gasteiger partial charge in [0.2, 0.25) is 0 Å². The zero-order valence-electron chi connectivity index (χ0n) is 51.9. The molecule has 0 atom stereocenters. The van der Waals surface area contributed by atoms with Gasteiger partial charge >= 0.3 is 0 Å². The van der Waals surface area contributed by atoms with Gasteiger partial charge in [-0.15, -0.1) is 0 Å². The van der Waals surface area contributed by atoms with Crippen molar-refractivity contribution in [3.05, 3.63) is 390 Å². The number of anilines is 6. The van der Waals surface area contributed by atoms with Crippen LogP contribution in [0.25, 0.3) is 89.0 Å². The number of rotatable bonds is 6. The summed E-state index contributed by atoms with van der Waals surface area (Å²) in [5, 5.41) is 0. The van der Waals surface area contributed by atoms with E-state index in [0.29, 0.717) is 0 Å². The first-order chi connectivity index (χ1) is 47.2. The molecule has 0 bridgehead atoms. The molecule has 6 aliphatic rings. The lowest BCUT2D eigenvalue weighted by molar-refractivity contribution is 0.794. The van der Waals surface area contributed by atoms with E-state index in [1.165, 1.54) is 173 Å². The fourth-order valence-electron chi connectivity index (χ4n) is 18.6. The van der Waals surface area contributed by atoms with Crippen LogP contribution in [0.3, 0.4) is 0 Å². The average Bonchev–Trinajstić information content (AvgIpc) is 1.57. The Kier molecular flexibility index (Phi) is 10.9. The van der Waals surface area contributed by atoms with E-state index in [9.17, 15) is 0 Å². The van der Waals surface area contributed by atoms with Crippen LogP contribution in [0.2, 0.25) is 0 Å².